The number of nitrogens with zero attached hydrogens (tertiary/aromatic N) is 5. The summed E-state index contributed by atoms with van der Waals surface area (Å²) in [6.45, 7) is 12.1. The predicted octanol–water partition coefficient (Wildman–Crippen LogP) is 3.82. The highest BCUT2D eigenvalue weighted by Crippen LogP contribution is 2.21. The molecule has 1 N–H and O–H groups in total. The number of rotatable bonds is 3. The zero-order chi connectivity index (χ0) is 18.4. The molecule has 3 rings (SSSR count). The van der Waals surface area contributed by atoms with Crippen molar-refractivity contribution >= 4 is 18.4 Å². The minimum atomic E-state index is -0.167. The number of aromatic nitrogens is 5. The Labute approximate surface area is 151 Å². The molecule has 0 radical (unpaired) electrons. The van der Waals surface area contributed by atoms with Crippen LogP contribution in [-0.4, -0.2) is 30.8 Å². The van der Waals surface area contributed by atoms with Gasteiger partial charge in [0.05, 0.1) is 6.21 Å². The molecule has 0 aliphatic heterocycles. The maximum absolute atomic E-state index is 5.30. The second kappa shape index (κ2) is 6.11. The van der Waals surface area contributed by atoms with Gasteiger partial charge < -0.3 is 4.52 Å². The summed E-state index contributed by atoms with van der Waals surface area (Å²) in [6, 6.07) is 3.97. The highest BCUT2D eigenvalue weighted by atomic mass is 32.1. The first-order chi connectivity index (χ1) is 11.7. The number of hydrogen-bond donors (Lipinski definition) is 1. The molecule has 0 amide bonds. The van der Waals surface area contributed by atoms with E-state index in [4.69, 9.17) is 16.7 Å². The minimum Gasteiger partial charge on any atom is -0.360 e. The van der Waals surface area contributed by atoms with Crippen molar-refractivity contribution in [2.75, 3.05) is 0 Å². The lowest BCUT2D eigenvalue weighted by atomic mass is 9.96. The van der Waals surface area contributed by atoms with Crippen molar-refractivity contribution in [3.05, 3.63) is 45.4 Å². The molecule has 3 aromatic rings. The van der Waals surface area contributed by atoms with E-state index in [1.165, 1.54) is 0 Å². The van der Waals surface area contributed by atoms with E-state index in [9.17, 15) is 0 Å². The summed E-state index contributed by atoms with van der Waals surface area (Å²) >= 11 is 5.30. The Morgan fingerprint density at radius 3 is 2.56 bits per heavy atom. The molecule has 0 aliphatic carbocycles. The van der Waals surface area contributed by atoms with Crippen LogP contribution in [0.5, 0.6) is 0 Å². The Bertz CT molecular complexity index is 995. The van der Waals surface area contributed by atoms with Crippen molar-refractivity contribution in [3.63, 3.8) is 0 Å². The number of aryl methyl sites for hydroxylation is 2. The molecule has 0 bridgehead atoms. The topological polar surface area (TPSA) is 76.9 Å². The third-order valence-corrected chi connectivity index (χ3v) is 4.21. The maximum atomic E-state index is 5.30. The summed E-state index contributed by atoms with van der Waals surface area (Å²) in [7, 11) is 0. The van der Waals surface area contributed by atoms with Gasteiger partial charge in [-0.15, -0.1) is 0 Å². The summed E-state index contributed by atoms with van der Waals surface area (Å²) in [6.07, 6.45) is 1.80. The van der Waals surface area contributed by atoms with E-state index in [1.54, 1.807) is 10.9 Å². The number of hydrogen-bond acceptors (Lipinski definition) is 5. The van der Waals surface area contributed by atoms with Crippen LogP contribution in [0.2, 0.25) is 0 Å². The van der Waals surface area contributed by atoms with E-state index in [2.05, 4.69) is 47.3 Å². The molecule has 0 spiro atoms. The van der Waals surface area contributed by atoms with Crippen molar-refractivity contribution in [1.82, 2.24) is 24.6 Å². The van der Waals surface area contributed by atoms with E-state index < -0.39 is 0 Å². The third-order valence-electron chi connectivity index (χ3n) is 3.95. The molecule has 3 aromatic heterocycles. The Morgan fingerprint density at radius 1 is 1.24 bits per heavy atom. The number of nitrogens with one attached hydrogen (secondary N) is 1. The molecule has 0 fully saturated rings. The molecule has 0 atom stereocenters. The van der Waals surface area contributed by atoms with Crippen LogP contribution in [0.4, 0.5) is 0 Å². The number of aromatic amines is 1. The van der Waals surface area contributed by atoms with Gasteiger partial charge in [-0.1, -0.05) is 25.9 Å². The highest BCUT2D eigenvalue weighted by Gasteiger charge is 2.21. The molecule has 0 saturated heterocycles. The fraction of sp³-hybridized carbons (Fsp3) is 0.412. The lowest BCUT2D eigenvalue weighted by Gasteiger charge is -2.15. The van der Waals surface area contributed by atoms with E-state index in [-0.39, 0.29) is 5.41 Å². The molecule has 0 aliphatic rings. The van der Waals surface area contributed by atoms with Gasteiger partial charge in [0.2, 0.25) is 4.77 Å². The lowest BCUT2D eigenvalue weighted by molar-refractivity contribution is 0.394. The smallest absolute Gasteiger partial charge is 0.216 e. The first-order valence-electron chi connectivity index (χ1n) is 8.03. The zero-order valence-corrected chi connectivity index (χ0v) is 16.1. The van der Waals surface area contributed by atoms with Crippen LogP contribution in [0.1, 0.15) is 49.3 Å². The Balaban J connectivity index is 2.02. The Morgan fingerprint density at radius 2 is 1.96 bits per heavy atom. The van der Waals surface area contributed by atoms with Gasteiger partial charge >= 0.3 is 0 Å². The summed E-state index contributed by atoms with van der Waals surface area (Å²) < 4.78 is 9.37. The van der Waals surface area contributed by atoms with Crippen LogP contribution < -0.4 is 0 Å². The highest BCUT2D eigenvalue weighted by molar-refractivity contribution is 7.71. The predicted molar refractivity (Wildman–Crippen MR) is 99.1 cm³/mol. The zero-order valence-electron chi connectivity index (χ0n) is 15.3. The SMILES string of the molecule is Cc1cc(-n2c(C)cc(/C=N\n3c(C(C)(C)C)n[nH]c3=S)c2C)no1. The third kappa shape index (κ3) is 3.21. The van der Waals surface area contributed by atoms with Gasteiger partial charge in [0.1, 0.15) is 5.76 Å². The van der Waals surface area contributed by atoms with Crippen LogP contribution in [0.15, 0.2) is 21.8 Å². The fourth-order valence-electron chi connectivity index (χ4n) is 2.73. The van der Waals surface area contributed by atoms with Crippen molar-refractivity contribution < 1.29 is 4.52 Å². The first-order valence-corrected chi connectivity index (χ1v) is 8.44. The van der Waals surface area contributed by atoms with Gasteiger partial charge in [-0.05, 0) is 39.1 Å². The molecule has 3 heterocycles. The summed E-state index contributed by atoms with van der Waals surface area (Å²) in [4.78, 5) is 0. The largest absolute Gasteiger partial charge is 0.360 e. The average molecular weight is 358 g/mol. The van der Waals surface area contributed by atoms with Gasteiger partial charge in [0.25, 0.3) is 0 Å². The van der Waals surface area contributed by atoms with Crippen LogP contribution in [0.25, 0.3) is 5.82 Å². The van der Waals surface area contributed by atoms with Gasteiger partial charge in [0, 0.05) is 28.4 Å². The normalized spacial score (nSPS) is 12.4. The molecular weight excluding hydrogens is 336 g/mol. The average Bonchev–Trinajstić information content (AvgIpc) is 3.15. The maximum Gasteiger partial charge on any atom is 0.216 e. The van der Waals surface area contributed by atoms with E-state index in [1.807, 2.05) is 31.4 Å². The molecule has 0 aromatic carbocycles. The molecule has 0 saturated carbocycles. The molecule has 0 unspecified atom stereocenters. The van der Waals surface area contributed by atoms with Crippen molar-refractivity contribution in [2.45, 2.75) is 47.0 Å². The molecular formula is C17H22N6OS. The summed E-state index contributed by atoms with van der Waals surface area (Å²) in [5, 5.41) is 15.8. The van der Waals surface area contributed by atoms with E-state index in [0.29, 0.717) is 4.77 Å². The van der Waals surface area contributed by atoms with Crippen molar-refractivity contribution in [3.8, 4) is 5.82 Å². The summed E-state index contributed by atoms with van der Waals surface area (Å²) in [5.41, 5.74) is 2.90. The van der Waals surface area contributed by atoms with Crippen molar-refractivity contribution in [2.24, 2.45) is 5.10 Å². The van der Waals surface area contributed by atoms with E-state index in [0.717, 1.165) is 34.4 Å². The molecule has 25 heavy (non-hydrogen) atoms. The first kappa shape index (κ1) is 17.3. The van der Waals surface area contributed by atoms with Gasteiger partial charge in [-0.25, -0.2) is 0 Å². The molecule has 8 heteroatoms. The van der Waals surface area contributed by atoms with Gasteiger partial charge in [-0.2, -0.15) is 14.9 Å². The molecule has 7 nitrogen and oxygen atoms in total. The van der Waals surface area contributed by atoms with Gasteiger partial charge in [0.15, 0.2) is 11.6 Å². The van der Waals surface area contributed by atoms with Gasteiger partial charge in [-0.3, -0.25) is 9.67 Å². The number of H-pyrrole nitrogens is 1. The quantitative estimate of drug-likeness (QED) is 0.570. The standard InChI is InChI=1S/C17H22N6OS/c1-10-7-13(12(3)22(10)14-8-11(2)24-21-14)9-18-23-15(17(4,5)6)19-20-16(23)25/h7-9H,1-6H3,(H,20,25)/b18-9-. The molecule has 132 valence electrons. The second-order valence-electron chi connectivity index (χ2n) is 7.12. The van der Waals surface area contributed by atoms with Crippen LogP contribution >= 0.6 is 12.2 Å². The van der Waals surface area contributed by atoms with Crippen LogP contribution in [-0.2, 0) is 5.41 Å². The monoisotopic (exact) mass is 358 g/mol. The van der Waals surface area contributed by atoms with Crippen LogP contribution in [0, 0.1) is 25.5 Å². The fourth-order valence-corrected chi connectivity index (χ4v) is 2.91. The van der Waals surface area contributed by atoms with Crippen molar-refractivity contribution in [1.29, 1.82) is 0 Å². The lowest BCUT2D eigenvalue weighted by Crippen LogP contribution is -2.17. The van der Waals surface area contributed by atoms with Crippen LogP contribution in [0.3, 0.4) is 0 Å². The minimum absolute atomic E-state index is 0.167. The Kier molecular flexibility index (Phi) is 4.24. The van der Waals surface area contributed by atoms with E-state index >= 15 is 0 Å². The Hall–Kier alpha value is -2.48. The summed E-state index contributed by atoms with van der Waals surface area (Å²) in [5.74, 6) is 2.33. The second-order valence-corrected chi connectivity index (χ2v) is 7.50.